The topological polar surface area (TPSA) is 56.1 Å². The molecule has 1 aromatic carbocycles. The summed E-state index contributed by atoms with van der Waals surface area (Å²) in [6, 6.07) is 8.00. The number of benzene rings is 1. The van der Waals surface area contributed by atoms with Gasteiger partial charge in [-0.3, -0.25) is 4.79 Å². The zero-order chi connectivity index (χ0) is 15.6. The number of carbonyl (C=O) groups excluding carboxylic acids is 1. The molecule has 1 heterocycles. The van der Waals surface area contributed by atoms with Crippen molar-refractivity contribution in [1.29, 1.82) is 0 Å². The number of ether oxygens (including phenoxy) is 1. The van der Waals surface area contributed by atoms with Gasteiger partial charge in [0, 0.05) is 25.0 Å². The third kappa shape index (κ3) is 2.71. The first-order chi connectivity index (χ1) is 10.7. The third-order valence-corrected chi connectivity index (χ3v) is 4.42. The molecule has 5 heteroatoms. The minimum Gasteiger partial charge on any atom is -0.497 e. The number of aromatic nitrogens is 2. The molecule has 1 aliphatic rings. The summed E-state index contributed by atoms with van der Waals surface area (Å²) in [5.41, 5.74) is 0.724. The van der Waals surface area contributed by atoms with Crippen LogP contribution >= 0.6 is 0 Å². The van der Waals surface area contributed by atoms with Crippen LogP contribution in [0.2, 0.25) is 0 Å². The number of nitrogens with one attached hydrogen (secondary N) is 1. The normalized spacial score (nSPS) is 16.8. The summed E-state index contributed by atoms with van der Waals surface area (Å²) < 4.78 is 7.17. The lowest BCUT2D eigenvalue weighted by atomic mass is 9.95. The molecule has 2 aromatic rings. The van der Waals surface area contributed by atoms with E-state index in [-0.39, 0.29) is 17.4 Å². The van der Waals surface area contributed by atoms with Crippen LogP contribution in [0.4, 0.5) is 0 Å². The molecule has 1 amide bonds. The first kappa shape index (κ1) is 14.6. The number of hydrogen-bond donors (Lipinski definition) is 1. The quantitative estimate of drug-likeness (QED) is 0.890. The monoisotopic (exact) mass is 299 g/mol. The fourth-order valence-corrected chi connectivity index (χ4v) is 2.73. The Balaban J connectivity index is 1.63. The van der Waals surface area contributed by atoms with Crippen LogP contribution in [0.5, 0.6) is 5.75 Å². The van der Waals surface area contributed by atoms with E-state index in [4.69, 9.17) is 4.74 Å². The fraction of sp³-hybridized carbons (Fsp3) is 0.412. The minimum atomic E-state index is -0.346. The van der Waals surface area contributed by atoms with E-state index >= 15 is 0 Å². The summed E-state index contributed by atoms with van der Waals surface area (Å²) in [7, 11) is 1.64. The Kier molecular flexibility index (Phi) is 3.88. The van der Waals surface area contributed by atoms with Crippen molar-refractivity contribution >= 4 is 5.91 Å². The zero-order valence-electron chi connectivity index (χ0n) is 13.0. The Bertz CT molecular complexity index is 630. The molecule has 1 N–H and O–H groups in total. The summed E-state index contributed by atoms with van der Waals surface area (Å²) >= 11 is 0. The molecule has 116 valence electrons. The maximum Gasteiger partial charge on any atom is 0.230 e. The first-order valence-electron chi connectivity index (χ1n) is 7.56. The predicted molar refractivity (Wildman–Crippen MR) is 83.9 cm³/mol. The van der Waals surface area contributed by atoms with Crippen molar-refractivity contribution in [2.24, 2.45) is 0 Å². The van der Waals surface area contributed by atoms with E-state index in [9.17, 15) is 4.79 Å². The van der Waals surface area contributed by atoms with E-state index in [1.165, 1.54) is 0 Å². The molecular formula is C17H21N3O2. The van der Waals surface area contributed by atoms with Crippen molar-refractivity contribution in [3.05, 3.63) is 48.5 Å². The van der Waals surface area contributed by atoms with Crippen LogP contribution in [0.15, 0.2) is 43.0 Å². The minimum absolute atomic E-state index is 0.115. The highest BCUT2D eigenvalue weighted by Gasteiger charge is 2.51. The van der Waals surface area contributed by atoms with Crippen LogP contribution in [0, 0.1) is 0 Å². The molecular weight excluding hydrogens is 278 g/mol. The number of rotatable bonds is 6. The molecule has 1 aromatic heterocycles. The molecule has 22 heavy (non-hydrogen) atoms. The zero-order valence-corrected chi connectivity index (χ0v) is 13.0. The molecule has 0 unspecified atom stereocenters. The molecule has 5 nitrogen and oxygen atoms in total. The lowest BCUT2D eigenvalue weighted by Gasteiger charge is -2.19. The van der Waals surface area contributed by atoms with Gasteiger partial charge in [-0.2, -0.15) is 0 Å². The van der Waals surface area contributed by atoms with Crippen LogP contribution in [0.3, 0.4) is 0 Å². The van der Waals surface area contributed by atoms with E-state index in [1.807, 2.05) is 35.0 Å². The van der Waals surface area contributed by atoms with Gasteiger partial charge < -0.3 is 14.6 Å². The van der Waals surface area contributed by atoms with E-state index in [1.54, 1.807) is 19.6 Å². The Morgan fingerprint density at radius 2 is 2.14 bits per heavy atom. The van der Waals surface area contributed by atoms with E-state index in [0.29, 0.717) is 6.54 Å². The predicted octanol–water partition coefficient (Wildman–Crippen LogP) is 2.30. The number of carbonyl (C=O) groups is 1. The number of hydrogen-bond acceptors (Lipinski definition) is 3. The van der Waals surface area contributed by atoms with Crippen LogP contribution in [0.1, 0.15) is 31.4 Å². The molecule has 1 atom stereocenters. The Labute approximate surface area is 130 Å². The van der Waals surface area contributed by atoms with Crippen LogP contribution in [0.25, 0.3) is 0 Å². The summed E-state index contributed by atoms with van der Waals surface area (Å²) in [5, 5.41) is 3.08. The van der Waals surface area contributed by atoms with E-state index in [2.05, 4.69) is 17.2 Å². The van der Waals surface area contributed by atoms with Gasteiger partial charge in [-0.1, -0.05) is 12.1 Å². The van der Waals surface area contributed by atoms with E-state index < -0.39 is 0 Å². The molecule has 1 fully saturated rings. The highest BCUT2D eigenvalue weighted by Crippen LogP contribution is 2.48. The second-order valence-corrected chi connectivity index (χ2v) is 5.88. The third-order valence-electron chi connectivity index (χ3n) is 4.42. The van der Waals surface area contributed by atoms with Gasteiger partial charge in [0.05, 0.1) is 18.9 Å². The van der Waals surface area contributed by atoms with Gasteiger partial charge in [0.15, 0.2) is 0 Å². The standard InChI is InChI=1S/C17H21N3O2/c1-13(20-10-9-18-12-20)11-19-16(21)17(7-8-17)14-3-5-15(22-2)6-4-14/h3-6,9-10,12-13H,7-8,11H2,1-2H3,(H,19,21)/t13-/m0/s1. The van der Waals surface area contributed by atoms with Gasteiger partial charge in [-0.15, -0.1) is 0 Å². The van der Waals surface area contributed by atoms with Crippen molar-refractivity contribution in [1.82, 2.24) is 14.9 Å². The van der Waals surface area contributed by atoms with Gasteiger partial charge >= 0.3 is 0 Å². The molecule has 0 saturated heterocycles. The second kappa shape index (κ2) is 5.83. The fourth-order valence-electron chi connectivity index (χ4n) is 2.73. The average molecular weight is 299 g/mol. The summed E-state index contributed by atoms with van der Waals surface area (Å²) in [4.78, 5) is 16.6. The van der Waals surface area contributed by atoms with Crippen LogP contribution < -0.4 is 10.1 Å². The lowest BCUT2D eigenvalue weighted by molar-refractivity contribution is -0.123. The average Bonchev–Trinajstić information content (AvgIpc) is 3.19. The highest BCUT2D eigenvalue weighted by atomic mass is 16.5. The molecule has 1 aliphatic carbocycles. The summed E-state index contributed by atoms with van der Waals surface area (Å²) in [6.07, 6.45) is 7.24. The smallest absolute Gasteiger partial charge is 0.230 e. The number of methoxy groups -OCH3 is 1. The maximum absolute atomic E-state index is 12.6. The summed E-state index contributed by atoms with van der Waals surface area (Å²) in [6.45, 7) is 2.67. The maximum atomic E-state index is 12.6. The first-order valence-corrected chi connectivity index (χ1v) is 7.56. The molecule has 0 radical (unpaired) electrons. The molecule has 0 aliphatic heterocycles. The van der Waals surface area contributed by atoms with Crippen molar-refractivity contribution < 1.29 is 9.53 Å². The van der Waals surface area contributed by atoms with Gasteiger partial charge in [0.25, 0.3) is 0 Å². The molecule has 0 bridgehead atoms. The Morgan fingerprint density at radius 3 is 2.68 bits per heavy atom. The highest BCUT2D eigenvalue weighted by molar-refractivity contribution is 5.91. The van der Waals surface area contributed by atoms with E-state index in [0.717, 1.165) is 24.2 Å². The second-order valence-electron chi connectivity index (χ2n) is 5.88. The van der Waals surface area contributed by atoms with Gasteiger partial charge in [-0.05, 0) is 37.5 Å². The van der Waals surface area contributed by atoms with Crippen molar-refractivity contribution in [2.45, 2.75) is 31.2 Å². The SMILES string of the molecule is COc1ccc(C2(C(=O)NC[C@H](C)n3ccnc3)CC2)cc1. The lowest BCUT2D eigenvalue weighted by Crippen LogP contribution is -2.37. The van der Waals surface area contributed by atoms with Crippen molar-refractivity contribution in [3.63, 3.8) is 0 Å². The largest absolute Gasteiger partial charge is 0.497 e. The van der Waals surface area contributed by atoms with Gasteiger partial charge in [0.1, 0.15) is 5.75 Å². The van der Waals surface area contributed by atoms with Crippen molar-refractivity contribution in [3.8, 4) is 5.75 Å². The molecule has 3 rings (SSSR count). The van der Waals surface area contributed by atoms with Crippen LogP contribution in [-0.4, -0.2) is 29.1 Å². The molecule has 1 saturated carbocycles. The van der Waals surface area contributed by atoms with Gasteiger partial charge in [-0.25, -0.2) is 4.98 Å². The number of nitrogens with zero attached hydrogens (tertiary/aromatic N) is 2. The van der Waals surface area contributed by atoms with Gasteiger partial charge in [0.2, 0.25) is 5.91 Å². The Hall–Kier alpha value is -2.30. The Morgan fingerprint density at radius 1 is 1.41 bits per heavy atom. The number of imidazole rings is 1. The number of amides is 1. The molecule has 0 spiro atoms. The van der Waals surface area contributed by atoms with Crippen molar-refractivity contribution in [2.75, 3.05) is 13.7 Å². The summed E-state index contributed by atoms with van der Waals surface area (Å²) in [5.74, 6) is 0.929. The van der Waals surface area contributed by atoms with Crippen LogP contribution in [-0.2, 0) is 10.2 Å².